The molecule has 2 aromatic rings. The summed E-state index contributed by atoms with van der Waals surface area (Å²) in [6.07, 6.45) is 1.68. The van der Waals surface area contributed by atoms with Crippen LogP contribution in [0, 0.1) is 12.3 Å². The molecule has 0 radical (unpaired) electrons. The van der Waals surface area contributed by atoms with Crippen LogP contribution in [0.2, 0.25) is 0 Å². The Morgan fingerprint density at radius 2 is 1.88 bits per heavy atom. The van der Waals surface area contributed by atoms with Crippen molar-refractivity contribution in [3.63, 3.8) is 0 Å². The topological polar surface area (TPSA) is 93.0 Å². The number of benzene rings is 1. The molecule has 0 spiro atoms. The maximum Gasteiger partial charge on any atom is 0.238 e. The third kappa shape index (κ3) is 3.03. The minimum Gasteiger partial charge on any atom is -0.362 e. The van der Waals surface area contributed by atoms with Gasteiger partial charge in [-0.1, -0.05) is 32.0 Å². The van der Waals surface area contributed by atoms with Crippen molar-refractivity contribution in [2.45, 2.75) is 44.9 Å². The highest BCUT2D eigenvalue weighted by atomic mass is 32.2. The van der Waals surface area contributed by atoms with E-state index in [1.807, 2.05) is 6.92 Å². The number of nitrogens with two attached hydrogens (primary N) is 1. The molecule has 3 N–H and O–H groups in total. The lowest BCUT2D eigenvalue weighted by molar-refractivity contribution is 0.0911. The summed E-state index contributed by atoms with van der Waals surface area (Å²) in [5.41, 5.74) is 4.03. The fraction of sp³-hybridized carbons (Fsp3) is 0.389. The van der Waals surface area contributed by atoms with E-state index < -0.39 is 10.0 Å². The molecule has 6 heteroatoms. The summed E-state index contributed by atoms with van der Waals surface area (Å²) in [5.74, 6) is 0.119. The summed E-state index contributed by atoms with van der Waals surface area (Å²) in [6.45, 7) is 6.09. The number of rotatable bonds is 3. The molecule has 0 aliphatic heterocycles. The second-order valence-corrected chi connectivity index (χ2v) is 8.88. The first kappa shape index (κ1) is 16.9. The number of aromatic amines is 1. The SMILES string of the molecule is Cc1[nH]c2c(c1Cc1ccccc1S(N)(=O)=O)C(=O)CC(C)(C)C2. The monoisotopic (exact) mass is 346 g/mol. The van der Waals surface area contributed by atoms with Crippen molar-refractivity contribution in [1.82, 2.24) is 4.98 Å². The molecular formula is C18H22N2O3S. The molecule has 1 aromatic carbocycles. The fourth-order valence-corrected chi connectivity index (χ4v) is 4.38. The number of aromatic nitrogens is 1. The normalized spacial score (nSPS) is 16.9. The Labute approximate surface area is 142 Å². The molecule has 1 aliphatic carbocycles. The Morgan fingerprint density at radius 3 is 2.54 bits per heavy atom. The first-order valence-corrected chi connectivity index (χ1v) is 9.47. The van der Waals surface area contributed by atoms with Crippen LogP contribution in [0.15, 0.2) is 29.2 Å². The van der Waals surface area contributed by atoms with Crippen molar-refractivity contribution in [1.29, 1.82) is 0 Å². The second kappa shape index (κ2) is 5.57. The number of carbonyl (C=O) groups excluding carboxylic acids is 1. The van der Waals surface area contributed by atoms with Gasteiger partial charge in [0.1, 0.15) is 0 Å². The highest BCUT2D eigenvalue weighted by Gasteiger charge is 2.34. The summed E-state index contributed by atoms with van der Waals surface area (Å²) in [5, 5.41) is 5.32. The molecule has 0 fully saturated rings. The van der Waals surface area contributed by atoms with Gasteiger partial charge in [-0.3, -0.25) is 4.79 Å². The predicted molar refractivity (Wildman–Crippen MR) is 92.6 cm³/mol. The lowest BCUT2D eigenvalue weighted by Gasteiger charge is -2.28. The van der Waals surface area contributed by atoms with Crippen LogP contribution in [0.4, 0.5) is 0 Å². The number of ketones is 1. The average Bonchev–Trinajstić information content (AvgIpc) is 2.73. The van der Waals surface area contributed by atoms with Crippen LogP contribution in [0.1, 0.15) is 53.1 Å². The number of Topliss-reactive ketones (excluding diaryl/α,β-unsaturated/α-hetero) is 1. The third-order valence-electron chi connectivity index (χ3n) is 4.61. The number of aryl methyl sites for hydroxylation is 1. The van der Waals surface area contributed by atoms with Crippen LogP contribution >= 0.6 is 0 Å². The van der Waals surface area contributed by atoms with Gasteiger partial charge in [-0.05, 0) is 36.0 Å². The molecule has 0 saturated heterocycles. The molecule has 0 saturated carbocycles. The van der Waals surface area contributed by atoms with E-state index in [1.165, 1.54) is 6.07 Å². The van der Waals surface area contributed by atoms with Gasteiger partial charge in [-0.25, -0.2) is 13.6 Å². The second-order valence-electron chi connectivity index (χ2n) is 7.35. The highest BCUT2D eigenvalue weighted by Crippen LogP contribution is 2.37. The molecule has 1 aromatic heterocycles. The van der Waals surface area contributed by atoms with Gasteiger partial charge < -0.3 is 4.98 Å². The maximum atomic E-state index is 12.6. The molecular weight excluding hydrogens is 324 g/mol. The van der Waals surface area contributed by atoms with Crippen molar-refractivity contribution in [2.75, 3.05) is 0 Å². The Kier molecular flexibility index (Phi) is 3.92. The molecule has 1 aliphatic rings. The van der Waals surface area contributed by atoms with Gasteiger partial charge in [0.15, 0.2) is 5.78 Å². The number of H-pyrrole nitrogens is 1. The number of hydrogen-bond acceptors (Lipinski definition) is 3. The molecule has 0 unspecified atom stereocenters. The molecule has 128 valence electrons. The van der Waals surface area contributed by atoms with Gasteiger partial charge in [0.2, 0.25) is 10.0 Å². The number of carbonyl (C=O) groups is 1. The van der Waals surface area contributed by atoms with Crippen molar-refractivity contribution in [3.05, 3.63) is 52.3 Å². The van der Waals surface area contributed by atoms with Crippen LogP contribution in [-0.2, 0) is 22.9 Å². The van der Waals surface area contributed by atoms with E-state index in [0.29, 0.717) is 18.4 Å². The number of hydrogen-bond donors (Lipinski definition) is 2. The van der Waals surface area contributed by atoms with Gasteiger partial charge in [0, 0.05) is 29.8 Å². The number of primary sulfonamides is 1. The molecule has 0 atom stereocenters. The highest BCUT2D eigenvalue weighted by molar-refractivity contribution is 7.89. The van der Waals surface area contributed by atoms with Crippen LogP contribution in [-0.4, -0.2) is 19.2 Å². The van der Waals surface area contributed by atoms with E-state index >= 15 is 0 Å². The minimum atomic E-state index is -3.80. The third-order valence-corrected chi connectivity index (χ3v) is 5.63. The molecule has 0 amide bonds. The van der Waals surface area contributed by atoms with E-state index in [4.69, 9.17) is 5.14 Å². The van der Waals surface area contributed by atoms with Gasteiger partial charge >= 0.3 is 0 Å². The number of nitrogens with one attached hydrogen (secondary N) is 1. The summed E-state index contributed by atoms with van der Waals surface area (Å²) >= 11 is 0. The van der Waals surface area contributed by atoms with Crippen molar-refractivity contribution in [2.24, 2.45) is 10.6 Å². The summed E-state index contributed by atoms with van der Waals surface area (Å²) in [7, 11) is -3.80. The molecule has 24 heavy (non-hydrogen) atoms. The van der Waals surface area contributed by atoms with E-state index in [9.17, 15) is 13.2 Å². The zero-order valence-corrected chi connectivity index (χ0v) is 15.0. The van der Waals surface area contributed by atoms with Crippen molar-refractivity contribution < 1.29 is 13.2 Å². The van der Waals surface area contributed by atoms with Gasteiger partial charge in [-0.15, -0.1) is 0 Å². The van der Waals surface area contributed by atoms with E-state index in [-0.39, 0.29) is 16.1 Å². The fourth-order valence-electron chi connectivity index (χ4n) is 3.61. The number of sulfonamides is 1. The van der Waals surface area contributed by atoms with Crippen molar-refractivity contribution in [3.8, 4) is 0 Å². The molecule has 5 nitrogen and oxygen atoms in total. The zero-order valence-electron chi connectivity index (χ0n) is 14.1. The Hall–Kier alpha value is -1.92. The van der Waals surface area contributed by atoms with Crippen LogP contribution < -0.4 is 5.14 Å². The van der Waals surface area contributed by atoms with E-state index in [1.54, 1.807) is 18.2 Å². The summed E-state index contributed by atoms with van der Waals surface area (Å²) in [4.78, 5) is 16.1. The Bertz CT molecular complexity index is 924. The zero-order chi connectivity index (χ0) is 17.7. The van der Waals surface area contributed by atoms with E-state index in [0.717, 1.165) is 28.9 Å². The standard InChI is InChI=1S/C18H22N2O3S/c1-11-13(8-12-6-4-5-7-16(12)24(19,22)23)17-14(20-11)9-18(2,3)10-15(17)21/h4-7,20H,8-10H2,1-3H3,(H2,19,22,23). The first-order valence-electron chi connectivity index (χ1n) is 7.93. The van der Waals surface area contributed by atoms with Gasteiger partial charge in [0.25, 0.3) is 0 Å². The van der Waals surface area contributed by atoms with Gasteiger partial charge in [0.05, 0.1) is 4.90 Å². The summed E-state index contributed by atoms with van der Waals surface area (Å²) < 4.78 is 23.6. The Morgan fingerprint density at radius 1 is 1.21 bits per heavy atom. The average molecular weight is 346 g/mol. The lowest BCUT2D eigenvalue weighted by Crippen LogP contribution is -2.27. The first-order chi connectivity index (χ1) is 11.1. The number of fused-ring (bicyclic) bond motifs is 1. The van der Waals surface area contributed by atoms with Crippen LogP contribution in [0.3, 0.4) is 0 Å². The van der Waals surface area contributed by atoms with Crippen molar-refractivity contribution >= 4 is 15.8 Å². The smallest absolute Gasteiger partial charge is 0.238 e. The molecule has 1 heterocycles. The maximum absolute atomic E-state index is 12.6. The quantitative estimate of drug-likeness (QED) is 0.895. The van der Waals surface area contributed by atoms with Crippen LogP contribution in [0.25, 0.3) is 0 Å². The van der Waals surface area contributed by atoms with E-state index in [2.05, 4.69) is 18.8 Å². The lowest BCUT2D eigenvalue weighted by atomic mass is 9.75. The van der Waals surface area contributed by atoms with Gasteiger partial charge in [-0.2, -0.15) is 0 Å². The summed E-state index contributed by atoms with van der Waals surface area (Å²) in [6, 6.07) is 6.68. The molecule has 0 bridgehead atoms. The Balaban J connectivity index is 2.09. The predicted octanol–water partition coefficient (Wildman–Crippen LogP) is 2.72. The van der Waals surface area contributed by atoms with Crippen LogP contribution in [0.5, 0.6) is 0 Å². The molecule has 3 rings (SSSR count). The largest absolute Gasteiger partial charge is 0.362 e. The minimum absolute atomic E-state index is 0.0584.